The van der Waals surface area contributed by atoms with E-state index >= 15 is 0 Å². The van der Waals surface area contributed by atoms with Gasteiger partial charge < -0.3 is 10.6 Å². The Morgan fingerprint density at radius 2 is 1.91 bits per heavy atom. The first-order valence-electron chi connectivity index (χ1n) is 3.75. The van der Waals surface area contributed by atoms with Gasteiger partial charge in [-0.2, -0.15) is 0 Å². The molecule has 0 saturated heterocycles. The fraction of sp³-hybridized carbons (Fsp3) is 0.750. The molecule has 3 nitrogen and oxygen atoms in total. The number of carbonyl (C=O) groups excluding carboxylic acids is 1. The molecule has 0 aliphatic heterocycles. The highest BCUT2D eigenvalue weighted by molar-refractivity contribution is 5.75. The topological polar surface area (TPSA) is 41.1 Å². The Kier molecular flexibility index (Phi) is 3.36. The number of hydrogen-bond donors (Lipinski definition) is 2. The van der Waals surface area contributed by atoms with Crippen LogP contribution in [0.2, 0.25) is 0 Å². The van der Waals surface area contributed by atoms with Crippen molar-refractivity contribution in [2.75, 3.05) is 0 Å². The van der Waals surface area contributed by atoms with Crippen LogP contribution in [0.4, 0.5) is 4.79 Å². The molecular weight excluding hydrogens is 140 g/mol. The molecule has 0 aliphatic carbocycles. The maximum absolute atomic E-state index is 11.0. The summed E-state index contributed by atoms with van der Waals surface area (Å²) in [5.41, 5.74) is -0.404. The van der Waals surface area contributed by atoms with E-state index in [-0.39, 0.29) is 12.1 Å². The molecule has 0 aromatic rings. The van der Waals surface area contributed by atoms with Crippen molar-refractivity contribution in [1.29, 1.82) is 0 Å². The minimum absolute atomic E-state index is 0.164. The molecule has 0 rings (SSSR count). The molecular formula is C8H17N2O. The zero-order valence-corrected chi connectivity index (χ0v) is 7.69. The summed E-state index contributed by atoms with van der Waals surface area (Å²) in [5.74, 6) is 0. The average Bonchev–Trinajstić information content (AvgIpc) is 1.53. The Balaban J connectivity index is 3.71. The molecule has 0 heterocycles. The number of urea groups is 1. The fourth-order valence-corrected chi connectivity index (χ4v) is 0.606. The molecule has 0 fully saturated rings. The van der Waals surface area contributed by atoms with Gasteiger partial charge in [-0.05, 0) is 34.6 Å². The minimum Gasteiger partial charge on any atom is -0.336 e. The lowest BCUT2D eigenvalue weighted by Gasteiger charge is -2.21. The second-order valence-electron chi connectivity index (χ2n) is 3.64. The average molecular weight is 157 g/mol. The summed E-state index contributed by atoms with van der Waals surface area (Å²) in [7, 11) is 0. The van der Waals surface area contributed by atoms with Gasteiger partial charge in [-0.15, -0.1) is 0 Å². The summed E-state index contributed by atoms with van der Waals surface area (Å²) < 4.78 is 0. The van der Waals surface area contributed by atoms with Gasteiger partial charge in [-0.1, -0.05) is 0 Å². The first-order valence-corrected chi connectivity index (χ1v) is 3.75. The van der Waals surface area contributed by atoms with Gasteiger partial charge >= 0.3 is 6.03 Å². The largest absolute Gasteiger partial charge is 0.336 e. The molecule has 1 radical (unpaired) electrons. The lowest BCUT2D eigenvalue weighted by atomic mass is 10.1. The van der Waals surface area contributed by atoms with E-state index in [2.05, 4.69) is 17.6 Å². The molecule has 0 aromatic heterocycles. The maximum Gasteiger partial charge on any atom is 0.315 e. The van der Waals surface area contributed by atoms with Crippen molar-refractivity contribution in [2.24, 2.45) is 0 Å². The highest BCUT2D eigenvalue weighted by atomic mass is 16.2. The first-order chi connectivity index (χ1) is 4.81. The lowest BCUT2D eigenvalue weighted by Crippen LogP contribution is -2.48. The normalized spacial score (nSPS) is 11.5. The van der Waals surface area contributed by atoms with Crippen LogP contribution in [0, 0.1) is 6.92 Å². The molecule has 3 heteroatoms. The van der Waals surface area contributed by atoms with Gasteiger partial charge in [0.05, 0.1) is 0 Å². The van der Waals surface area contributed by atoms with Crippen LogP contribution < -0.4 is 10.6 Å². The number of carbonyl (C=O) groups is 1. The van der Waals surface area contributed by atoms with Crippen LogP contribution in [-0.4, -0.2) is 17.6 Å². The second-order valence-corrected chi connectivity index (χ2v) is 3.64. The van der Waals surface area contributed by atoms with Crippen molar-refractivity contribution in [3.8, 4) is 0 Å². The van der Waals surface area contributed by atoms with Gasteiger partial charge in [0.15, 0.2) is 0 Å². The van der Waals surface area contributed by atoms with Gasteiger partial charge in [0.2, 0.25) is 0 Å². The van der Waals surface area contributed by atoms with Crippen LogP contribution in [0.15, 0.2) is 0 Å². The molecule has 2 N–H and O–H groups in total. The minimum atomic E-state index is -0.404. The van der Waals surface area contributed by atoms with E-state index in [1.165, 1.54) is 0 Å². The summed E-state index contributed by atoms with van der Waals surface area (Å²) in [4.78, 5) is 11.0. The standard InChI is InChI=1S/C8H17N2O/c1-6(2)9-7(11)10-8(3,4)5/h6H,3H2,1-2,4-5H3,(H2,9,10,11). The number of rotatable bonds is 2. The molecule has 65 valence electrons. The quantitative estimate of drug-likeness (QED) is 0.623. The van der Waals surface area contributed by atoms with Gasteiger partial charge in [0.1, 0.15) is 0 Å². The van der Waals surface area contributed by atoms with E-state index in [4.69, 9.17) is 0 Å². The predicted molar refractivity (Wildman–Crippen MR) is 46.2 cm³/mol. The molecule has 0 atom stereocenters. The van der Waals surface area contributed by atoms with E-state index in [0.717, 1.165) is 0 Å². The van der Waals surface area contributed by atoms with E-state index in [1.807, 2.05) is 27.7 Å². The first kappa shape index (κ1) is 10.3. The summed E-state index contributed by atoms with van der Waals surface area (Å²) in [5, 5.41) is 5.40. The second kappa shape index (κ2) is 3.60. The third-order valence-corrected chi connectivity index (χ3v) is 0.872. The predicted octanol–water partition coefficient (Wildman–Crippen LogP) is 1.31. The molecule has 0 aliphatic rings. The highest BCUT2D eigenvalue weighted by Crippen LogP contribution is 1.96. The van der Waals surface area contributed by atoms with Crippen molar-refractivity contribution in [3.63, 3.8) is 0 Å². The maximum atomic E-state index is 11.0. The Hall–Kier alpha value is -0.730. The monoisotopic (exact) mass is 157 g/mol. The van der Waals surface area contributed by atoms with E-state index < -0.39 is 5.54 Å². The van der Waals surface area contributed by atoms with Crippen LogP contribution in [0.3, 0.4) is 0 Å². The van der Waals surface area contributed by atoms with Crippen LogP contribution in [0.25, 0.3) is 0 Å². The van der Waals surface area contributed by atoms with E-state index in [1.54, 1.807) is 0 Å². The molecule has 11 heavy (non-hydrogen) atoms. The van der Waals surface area contributed by atoms with E-state index in [0.29, 0.717) is 0 Å². The zero-order chi connectivity index (χ0) is 9.07. The highest BCUT2D eigenvalue weighted by Gasteiger charge is 2.13. The molecule has 0 aromatic carbocycles. The zero-order valence-electron chi connectivity index (χ0n) is 7.69. The van der Waals surface area contributed by atoms with E-state index in [9.17, 15) is 4.79 Å². The van der Waals surface area contributed by atoms with Crippen LogP contribution in [-0.2, 0) is 0 Å². The number of hydrogen-bond acceptors (Lipinski definition) is 1. The number of nitrogens with one attached hydrogen (secondary N) is 2. The smallest absolute Gasteiger partial charge is 0.315 e. The van der Waals surface area contributed by atoms with Crippen LogP contribution in [0.1, 0.15) is 27.7 Å². The summed E-state index contributed by atoms with van der Waals surface area (Å²) >= 11 is 0. The Bertz CT molecular complexity index is 136. The third kappa shape index (κ3) is 7.16. The van der Waals surface area contributed by atoms with Gasteiger partial charge in [0, 0.05) is 11.6 Å². The fourth-order valence-electron chi connectivity index (χ4n) is 0.606. The molecule has 2 amide bonds. The van der Waals surface area contributed by atoms with Gasteiger partial charge in [-0.3, -0.25) is 0 Å². The van der Waals surface area contributed by atoms with Crippen molar-refractivity contribution < 1.29 is 4.79 Å². The van der Waals surface area contributed by atoms with Crippen molar-refractivity contribution >= 4 is 6.03 Å². The molecule has 0 unspecified atom stereocenters. The van der Waals surface area contributed by atoms with Crippen LogP contribution >= 0.6 is 0 Å². The number of amides is 2. The van der Waals surface area contributed by atoms with Gasteiger partial charge in [-0.25, -0.2) is 4.79 Å². The van der Waals surface area contributed by atoms with Crippen molar-refractivity contribution in [2.45, 2.75) is 39.3 Å². The third-order valence-electron chi connectivity index (χ3n) is 0.872. The van der Waals surface area contributed by atoms with Crippen molar-refractivity contribution in [3.05, 3.63) is 6.92 Å². The lowest BCUT2D eigenvalue weighted by molar-refractivity contribution is 0.232. The Morgan fingerprint density at radius 1 is 1.45 bits per heavy atom. The SMILES string of the molecule is [CH2]C(C)(C)NC(=O)NC(C)C. The summed E-state index contributed by atoms with van der Waals surface area (Å²) in [6, 6.07) is -0.00245. The Morgan fingerprint density at radius 3 is 2.18 bits per heavy atom. The van der Waals surface area contributed by atoms with Gasteiger partial charge in [0.25, 0.3) is 0 Å². The summed E-state index contributed by atoms with van der Waals surface area (Å²) in [6.45, 7) is 11.3. The Labute approximate surface area is 68.6 Å². The summed E-state index contributed by atoms with van der Waals surface area (Å²) in [6.07, 6.45) is 0. The molecule has 0 saturated carbocycles. The molecule has 0 bridgehead atoms. The van der Waals surface area contributed by atoms with Crippen molar-refractivity contribution in [1.82, 2.24) is 10.6 Å². The molecule has 0 spiro atoms. The van der Waals surface area contributed by atoms with Crippen LogP contribution in [0.5, 0.6) is 0 Å².